The van der Waals surface area contributed by atoms with Gasteiger partial charge in [0.15, 0.2) is 0 Å². The maximum absolute atomic E-state index is 3.43. The molecule has 0 saturated carbocycles. The summed E-state index contributed by atoms with van der Waals surface area (Å²) in [6.45, 7) is 7.64. The highest BCUT2D eigenvalue weighted by molar-refractivity contribution is 5.27. The Kier molecular flexibility index (Phi) is 6.02. The van der Waals surface area contributed by atoms with Gasteiger partial charge in [-0.05, 0) is 51.2 Å². The van der Waals surface area contributed by atoms with E-state index in [1.807, 2.05) is 0 Å². The molecule has 3 nitrogen and oxygen atoms in total. The molecule has 0 spiro atoms. The Morgan fingerprint density at radius 1 is 1.30 bits per heavy atom. The summed E-state index contributed by atoms with van der Waals surface area (Å²) in [5, 5.41) is 3.43. The number of hydrogen-bond donors (Lipinski definition) is 1. The average Bonchev–Trinajstić information content (AvgIpc) is 2.83. The fourth-order valence-electron chi connectivity index (χ4n) is 3.07. The monoisotopic (exact) mass is 275 g/mol. The second-order valence-electron chi connectivity index (χ2n) is 6.02. The van der Waals surface area contributed by atoms with Crippen LogP contribution in [-0.4, -0.2) is 49.6 Å². The molecule has 0 amide bonds. The van der Waals surface area contributed by atoms with Gasteiger partial charge in [-0.2, -0.15) is 0 Å². The molecule has 1 aromatic rings. The molecule has 0 radical (unpaired) electrons. The number of nitrogens with one attached hydrogen (secondary N) is 1. The highest BCUT2D eigenvalue weighted by atomic mass is 15.2. The third kappa shape index (κ3) is 4.30. The topological polar surface area (TPSA) is 18.5 Å². The Morgan fingerprint density at radius 2 is 2.05 bits per heavy atom. The molecule has 0 bridgehead atoms. The highest BCUT2D eigenvalue weighted by Crippen LogP contribution is 2.17. The van der Waals surface area contributed by atoms with Crippen LogP contribution in [0, 0.1) is 0 Å². The summed E-state index contributed by atoms with van der Waals surface area (Å²) in [4.78, 5) is 4.97. The van der Waals surface area contributed by atoms with Crippen molar-refractivity contribution in [1.82, 2.24) is 15.1 Å². The quantitative estimate of drug-likeness (QED) is 0.824. The number of likely N-dealkylation sites (N-methyl/N-ethyl adjacent to an activating group) is 2. The predicted octanol–water partition coefficient (Wildman–Crippen LogP) is 2.32. The van der Waals surface area contributed by atoms with Crippen LogP contribution in [0.25, 0.3) is 0 Å². The number of benzene rings is 1. The van der Waals surface area contributed by atoms with Crippen molar-refractivity contribution in [1.29, 1.82) is 0 Å². The second kappa shape index (κ2) is 7.77. The van der Waals surface area contributed by atoms with Crippen LogP contribution in [-0.2, 0) is 13.1 Å². The van der Waals surface area contributed by atoms with Gasteiger partial charge >= 0.3 is 0 Å². The molecule has 20 heavy (non-hydrogen) atoms. The van der Waals surface area contributed by atoms with Crippen molar-refractivity contribution in [3.05, 3.63) is 35.4 Å². The molecule has 1 unspecified atom stereocenters. The van der Waals surface area contributed by atoms with Crippen molar-refractivity contribution in [3.8, 4) is 0 Å². The van der Waals surface area contributed by atoms with Gasteiger partial charge in [0.05, 0.1) is 0 Å². The van der Waals surface area contributed by atoms with E-state index in [2.05, 4.69) is 60.4 Å². The zero-order chi connectivity index (χ0) is 14.4. The molecule has 3 heteroatoms. The normalized spacial score (nSPS) is 19.9. The Bertz CT molecular complexity index is 405. The van der Waals surface area contributed by atoms with Gasteiger partial charge < -0.3 is 15.1 Å². The van der Waals surface area contributed by atoms with Gasteiger partial charge in [0.25, 0.3) is 0 Å². The van der Waals surface area contributed by atoms with E-state index in [9.17, 15) is 0 Å². The van der Waals surface area contributed by atoms with Crippen molar-refractivity contribution in [2.24, 2.45) is 0 Å². The molecule has 1 N–H and O–H groups in total. The molecule has 1 fully saturated rings. The summed E-state index contributed by atoms with van der Waals surface area (Å²) >= 11 is 0. The number of nitrogens with zero attached hydrogens (tertiary/aromatic N) is 2. The molecule has 1 heterocycles. The lowest BCUT2D eigenvalue weighted by Gasteiger charge is -2.26. The first-order valence-corrected chi connectivity index (χ1v) is 7.87. The zero-order valence-corrected chi connectivity index (χ0v) is 13.2. The fraction of sp³-hybridized carbons (Fsp3) is 0.647. The van der Waals surface area contributed by atoms with E-state index in [1.54, 1.807) is 0 Å². The van der Waals surface area contributed by atoms with E-state index in [-0.39, 0.29) is 0 Å². The van der Waals surface area contributed by atoms with Crippen molar-refractivity contribution in [2.45, 2.75) is 38.9 Å². The minimum atomic E-state index is 0.737. The van der Waals surface area contributed by atoms with E-state index in [0.29, 0.717) is 0 Å². The molecule has 0 aromatic heterocycles. The maximum atomic E-state index is 3.43. The van der Waals surface area contributed by atoms with Crippen molar-refractivity contribution >= 4 is 0 Å². The third-order valence-electron chi connectivity index (χ3n) is 4.32. The van der Waals surface area contributed by atoms with Gasteiger partial charge in [-0.3, -0.25) is 0 Å². The maximum Gasteiger partial charge on any atom is 0.0234 e. The van der Waals surface area contributed by atoms with Gasteiger partial charge in [-0.1, -0.05) is 31.2 Å². The Labute approximate surface area is 124 Å². The molecule has 1 aliphatic rings. The minimum Gasteiger partial charge on any atom is -0.313 e. The van der Waals surface area contributed by atoms with Gasteiger partial charge in [-0.15, -0.1) is 0 Å². The number of rotatable bonds is 7. The van der Waals surface area contributed by atoms with Crippen LogP contribution in [0.4, 0.5) is 0 Å². The van der Waals surface area contributed by atoms with Gasteiger partial charge in [0, 0.05) is 25.7 Å². The Hall–Kier alpha value is -0.900. The van der Waals surface area contributed by atoms with E-state index in [1.165, 1.54) is 37.1 Å². The molecular formula is C17H29N3. The fourth-order valence-corrected chi connectivity index (χ4v) is 3.07. The Morgan fingerprint density at radius 3 is 2.70 bits per heavy atom. The van der Waals surface area contributed by atoms with Crippen LogP contribution >= 0.6 is 0 Å². The lowest BCUT2D eigenvalue weighted by atomic mass is 10.1. The largest absolute Gasteiger partial charge is 0.313 e. The minimum absolute atomic E-state index is 0.737. The molecular weight excluding hydrogens is 246 g/mol. The van der Waals surface area contributed by atoms with E-state index < -0.39 is 0 Å². The van der Waals surface area contributed by atoms with Gasteiger partial charge in [0.1, 0.15) is 0 Å². The molecule has 1 saturated heterocycles. The molecule has 1 aliphatic heterocycles. The lowest BCUT2D eigenvalue weighted by molar-refractivity contribution is 0.215. The summed E-state index contributed by atoms with van der Waals surface area (Å²) in [6.07, 6.45) is 2.70. The summed E-state index contributed by atoms with van der Waals surface area (Å²) in [6, 6.07) is 9.54. The van der Waals surface area contributed by atoms with Gasteiger partial charge in [0.2, 0.25) is 0 Å². The van der Waals surface area contributed by atoms with E-state index >= 15 is 0 Å². The van der Waals surface area contributed by atoms with Crippen LogP contribution in [0.5, 0.6) is 0 Å². The Balaban J connectivity index is 1.91. The summed E-state index contributed by atoms with van der Waals surface area (Å²) in [7, 11) is 4.50. The standard InChI is InChI=1S/C17H29N3/c1-4-18-12-15-8-5-6-9-16(15)13-19(2)14-17-10-7-11-20(17)3/h5-6,8-9,17-18H,4,7,10-14H2,1-3H3. The van der Waals surface area contributed by atoms with E-state index in [4.69, 9.17) is 0 Å². The first-order valence-electron chi connectivity index (χ1n) is 7.87. The summed E-state index contributed by atoms with van der Waals surface area (Å²) in [5.41, 5.74) is 2.89. The average molecular weight is 275 g/mol. The molecule has 1 atom stereocenters. The highest BCUT2D eigenvalue weighted by Gasteiger charge is 2.22. The van der Waals surface area contributed by atoms with Crippen molar-refractivity contribution in [3.63, 3.8) is 0 Å². The van der Waals surface area contributed by atoms with Gasteiger partial charge in [-0.25, -0.2) is 0 Å². The summed E-state index contributed by atoms with van der Waals surface area (Å²) < 4.78 is 0. The van der Waals surface area contributed by atoms with Crippen LogP contribution in [0.15, 0.2) is 24.3 Å². The summed E-state index contributed by atoms with van der Waals surface area (Å²) in [5.74, 6) is 0. The molecule has 112 valence electrons. The second-order valence-corrected chi connectivity index (χ2v) is 6.02. The SMILES string of the molecule is CCNCc1ccccc1CN(C)CC1CCCN1C. The van der Waals surface area contributed by atoms with Crippen molar-refractivity contribution in [2.75, 3.05) is 33.7 Å². The van der Waals surface area contributed by atoms with Crippen LogP contribution in [0.2, 0.25) is 0 Å². The van der Waals surface area contributed by atoms with Crippen molar-refractivity contribution < 1.29 is 0 Å². The molecule has 1 aromatic carbocycles. The lowest BCUT2D eigenvalue weighted by Crippen LogP contribution is -2.36. The number of likely N-dealkylation sites (tertiary alicyclic amines) is 1. The molecule has 0 aliphatic carbocycles. The molecule has 2 rings (SSSR count). The smallest absolute Gasteiger partial charge is 0.0234 e. The number of hydrogen-bond acceptors (Lipinski definition) is 3. The van der Waals surface area contributed by atoms with Crippen LogP contribution in [0.1, 0.15) is 30.9 Å². The van der Waals surface area contributed by atoms with Crippen LogP contribution < -0.4 is 5.32 Å². The zero-order valence-electron chi connectivity index (χ0n) is 13.2. The first-order chi connectivity index (χ1) is 9.70. The van der Waals surface area contributed by atoms with Crippen LogP contribution in [0.3, 0.4) is 0 Å². The predicted molar refractivity (Wildman–Crippen MR) is 85.8 cm³/mol. The first kappa shape index (κ1) is 15.5. The third-order valence-corrected chi connectivity index (χ3v) is 4.32. The van der Waals surface area contributed by atoms with E-state index in [0.717, 1.165) is 25.7 Å².